The van der Waals surface area contributed by atoms with Gasteiger partial charge >= 0.3 is 0 Å². The van der Waals surface area contributed by atoms with Gasteiger partial charge in [-0.15, -0.1) is 0 Å². The highest BCUT2D eigenvalue weighted by molar-refractivity contribution is 7.99. The quantitative estimate of drug-likeness (QED) is 0.864. The highest BCUT2D eigenvalue weighted by Crippen LogP contribution is 2.24. The Morgan fingerprint density at radius 2 is 2.40 bits per heavy atom. The van der Waals surface area contributed by atoms with Crippen molar-refractivity contribution in [1.29, 1.82) is 0 Å². The summed E-state index contributed by atoms with van der Waals surface area (Å²) in [6.07, 6.45) is 2.88. The van der Waals surface area contributed by atoms with Crippen molar-refractivity contribution in [3.8, 4) is 0 Å². The van der Waals surface area contributed by atoms with Gasteiger partial charge in [-0.25, -0.2) is 4.68 Å². The maximum Gasteiger partial charge on any atom is 0.287 e. The molecular weight excluding hydrogens is 296 g/mol. The van der Waals surface area contributed by atoms with E-state index in [1.807, 2.05) is 30.8 Å². The van der Waals surface area contributed by atoms with E-state index in [4.69, 9.17) is 11.6 Å². The summed E-state index contributed by atoms with van der Waals surface area (Å²) in [5, 5.41) is 7.68. The minimum absolute atomic E-state index is 0.223. The van der Waals surface area contributed by atoms with E-state index in [2.05, 4.69) is 10.4 Å². The Hall–Kier alpha value is -0.720. The van der Waals surface area contributed by atoms with Crippen LogP contribution >= 0.6 is 23.4 Å². The van der Waals surface area contributed by atoms with Crippen molar-refractivity contribution < 1.29 is 0 Å². The molecule has 1 unspecified atom stereocenters. The summed E-state index contributed by atoms with van der Waals surface area (Å²) in [4.78, 5) is 14.1. The van der Waals surface area contributed by atoms with Crippen molar-refractivity contribution in [2.24, 2.45) is 5.92 Å². The first-order valence-corrected chi connectivity index (χ1v) is 8.33. The molecule has 0 aromatic carbocycles. The second-order valence-electron chi connectivity index (χ2n) is 5.31. The molecular formula is C13H21ClN4OS. The molecule has 0 bridgehead atoms. The van der Waals surface area contributed by atoms with Gasteiger partial charge in [0.2, 0.25) is 0 Å². The third-order valence-electron chi connectivity index (χ3n) is 3.35. The summed E-state index contributed by atoms with van der Waals surface area (Å²) in [6, 6.07) is 0. The monoisotopic (exact) mass is 316 g/mol. The first-order chi connectivity index (χ1) is 9.58. The minimum Gasteiger partial charge on any atom is -0.382 e. The average molecular weight is 317 g/mol. The number of nitrogens with zero attached hydrogens (tertiary/aromatic N) is 3. The zero-order chi connectivity index (χ0) is 14.5. The van der Waals surface area contributed by atoms with E-state index in [9.17, 15) is 4.79 Å². The van der Waals surface area contributed by atoms with Gasteiger partial charge in [0.05, 0.1) is 18.4 Å². The highest BCUT2D eigenvalue weighted by Gasteiger charge is 2.16. The fourth-order valence-corrected chi connectivity index (χ4v) is 3.54. The second-order valence-corrected chi connectivity index (χ2v) is 6.84. The third kappa shape index (κ3) is 4.14. The van der Waals surface area contributed by atoms with E-state index in [0.29, 0.717) is 18.2 Å². The number of hydrogen-bond acceptors (Lipinski definition) is 5. The molecule has 112 valence electrons. The molecule has 1 aromatic rings. The number of rotatable bonds is 6. The van der Waals surface area contributed by atoms with E-state index < -0.39 is 0 Å². The summed E-state index contributed by atoms with van der Waals surface area (Å²) in [5.74, 6) is 3.06. The first-order valence-electron chi connectivity index (χ1n) is 6.80. The van der Waals surface area contributed by atoms with Gasteiger partial charge in [-0.05, 0) is 37.9 Å². The summed E-state index contributed by atoms with van der Waals surface area (Å²) in [5.41, 5.74) is 0.425. The zero-order valence-electron chi connectivity index (χ0n) is 11.9. The molecule has 1 aliphatic rings. The Morgan fingerprint density at radius 1 is 1.60 bits per heavy atom. The lowest BCUT2D eigenvalue weighted by Crippen LogP contribution is -2.29. The molecule has 0 spiro atoms. The van der Waals surface area contributed by atoms with Gasteiger partial charge in [0, 0.05) is 13.1 Å². The van der Waals surface area contributed by atoms with Crippen molar-refractivity contribution in [2.75, 3.05) is 44.0 Å². The number of nitrogens with one attached hydrogen (secondary N) is 1. The molecule has 7 heteroatoms. The van der Waals surface area contributed by atoms with Crippen LogP contribution in [0.3, 0.4) is 0 Å². The van der Waals surface area contributed by atoms with Crippen LogP contribution in [0.2, 0.25) is 5.02 Å². The van der Waals surface area contributed by atoms with Crippen molar-refractivity contribution in [2.45, 2.75) is 13.0 Å². The summed E-state index contributed by atoms with van der Waals surface area (Å²) < 4.78 is 1.42. The molecule has 1 N–H and O–H groups in total. The van der Waals surface area contributed by atoms with Crippen molar-refractivity contribution in [3.63, 3.8) is 0 Å². The van der Waals surface area contributed by atoms with Crippen LogP contribution in [0.5, 0.6) is 0 Å². The molecule has 0 aliphatic carbocycles. The average Bonchev–Trinajstić information content (AvgIpc) is 2.92. The predicted molar refractivity (Wildman–Crippen MR) is 86.0 cm³/mol. The Labute approximate surface area is 128 Å². The van der Waals surface area contributed by atoms with Gasteiger partial charge in [-0.1, -0.05) is 11.6 Å². The van der Waals surface area contributed by atoms with E-state index in [1.54, 1.807) is 6.20 Å². The Bertz CT molecular complexity index is 500. The molecule has 1 fully saturated rings. The third-order valence-corrected chi connectivity index (χ3v) is 4.95. The van der Waals surface area contributed by atoms with Crippen LogP contribution < -0.4 is 10.9 Å². The van der Waals surface area contributed by atoms with Gasteiger partial charge in [0.25, 0.3) is 5.56 Å². The van der Waals surface area contributed by atoms with Gasteiger partial charge in [0.1, 0.15) is 5.02 Å². The molecule has 0 radical (unpaired) electrons. The molecule has 1 atom stereocenters. The van der Waals surface area contributed by atoms with E-state index in [-0.39, 0.29) is 10.6 Å². The Morgan fingerprint density at radius 3 is 3.05 bits per heavy atom. The molecule has 1 saturated heterocycles. The number of thioether (sulfide) groups is 1. The van der Waals surface area contributed by atoms with Crippen LogP contribution in [0.4, 0.5) is 5.69 Å². The van der Waals surface area contributed by atoms with Gasteiger partial charge < -0.3 is 10.2 Å². The van der Waals surface area contributed by atoms with Crippen LogP contribution in [0, 0.1) is 5.92 Å². The zero-order valence-corrected chi connectivity index (χ0v) is 13.5. The van der Waals surface area contributed by atoms with E-state index in [1.165, 1.54) is 22.6 Å². The van der Waals surface area contributed by atoms with Gasteiger partial charge in [0.15, 0.2) is 0 Å². The number of halogens is 1. The number of hydrogen-bond donors (Lipinski definition) is 1. The highest BCUT2D eigenvalue weighted by atomic mass is 35.5. The number of anilines is 1. The normalized spacial score (nSPS) is 18.7. The minimum atomic E-state index is -0.223. The fourth-order valence-electron chi connectivity index (χ4n) is 2.04. The molecule has 0 amide bonds. The molecule has 2 heterocycles. The second kappa shape index (κ2) is 7.33. The molecule has 1 aromatic heterocycles. The summed E-state index contributed by atoms with van der Waals surface area (Å²) in [6.45, 7) is 2.16. The van der Waals surface area contributed by atoms with Crippen molar-refractivity contribution >= 4 is 29.1 Å². The molecule has 1 aliphatic heterocycles. The van der Waals surface area contributed by atoms with Crippen LogP contribution in [-0.4, -0.2) is 53.4 Å². The van der Waals surface area contributed by atoms with Crippen molar-refractivity contribution in [1.82, 2.24) is 14.7 Å². The smallest absolute Gasteiger partial charge is 0.287 e. The Kier molecular flexibility index (Phi) is 5.74. The Balaban J connectivity index is 2.00. The SMILES string of the molecule is CN(C)CCn1ncc(NCC2CCSC2)c(Cl)c1=O. The van der Waals surface area contributed by atoms with Crippen LogP contribution in [0.25, 0.3) is 0 Å². The number of likely N-dealkylation sites (N-methyl/N-ethyl adjacent to an activating group) is 1. The van der Waals surface area contributed by atoms with Gasteiger partial charge in [-0.2, -0.15) is 16.9 Å². The van der Waals surface area contributed by atoms with Crippen LogP contribution in [0.1, 0.15) is 6.42 Å². The molecule has 0 saturated carbocycles. The van der Waals surface area contributed by atoms with E-state index in [0.717, 1.165) is 13.1 Å². The van der Waals surface area contributed by atoms with E-state index >= 15 is 0 Å². The lowest BCUT2D eigenvalue weighted by Gasteiger charge is -2.14. The summed E-state index contributed by atoms with van der Waals surface area (Å²) >= 11 is 8.12. The fraction of sp³-hybridized carbons (Fsp3) is 0.692. The van der Waals surface area contributed by atoms with Crippen molar-refractivity contribution in [3.05, 3.63) is 21.6 Å². The summed E-state index contributed by atoms with van der Waals surface area (Å²) in [7, 11) is 3.92. The largest absolute Gasteiger partial charge is 0.382 e. The molecule has 2 rings (SSSR count). The van der Waals surface area contributed by atoms with Crippen LogP contribution in [0.15, 0.2) is 11.0 Å². The van der Waals surface area contributed by atoms with Crippen LogP contribution in [-0.2, 0) is 6.54 Å². The predicted octanol–water partition coefficient (Wildman–Crippen LogP) is 1.62. The molecule has 5 nitrogen and oxygen atoms in total. The standard InChI is InChI=1S/C13H21ClN4OS/c1-17(2)4-5-18-13(19)12(14)11(8-16-18)15-7-10-3-6-20-9-10/h8,10,15H,3-7,9H2,1-2H3. The number of aromatic nitrogens is 2. The maximum atomic E-state index is 12.1. The lowest BCUT2D eigenvalue weighted by molar-refractivity contribution is 0.367. The molecule has 20 heavy (non-hydrogen) atoms. The first kappa shape index (κ1) is 15.7. The maximum absolute atomic E-state index is 12.1. The topological polar surface area (TPSA) is 50.2 Å². The van der Waals surface area contributed by atoms with Gasteiger partial charge in [-0.3, -0.25) is 4.79 Å². The lowest BCUT2D eigenvalue weighted by atomic mass is 10.1.